The number of methoxy groups -OCH3 is 1. The highest BCUT2D eigenvalue weighted by atomic mass is 32.2. The summed E-state index contributed by atoms with van der Waals surface area (Å²) in [5.41, 5.74) is 4.81. The lowest BCUT2D eigenvalue weighted by Crippen LogP contribution is -2.39. The second kappa shape index (κ2) is 11.4. The molecule has 0 heterocycles. The van der Waals surface area contributed by atoms with E-state index in [0.29, 0.717) is 16.8 Å². The molecule has 1 N–H and O–H groups in total. The Labute approximate surface area is 205 Å². The van der Waals surface area contributed by atoms with Gasteiger partial charge in [0.2, 0.25) is 0 Å². The number of hydrogen-bond donors (Lipinski definition) is 1. The smallest absolute Gasteiger partial charge is 0.337 e. The molecule has 1 amide bonds. The first-order valence-electron chi connectivity index (χ1n) is 10.9. The minimum atomic E-state index is -4.00. The van der Waals surface area contributed by atoms with Crippen LogP contribution in [-0.2, 0) is 19.6 Å². The minimum Gasteiger partial charge on any atom is -0.465 e. The largest absolute Gasteiger partial charge is 0.465 e. The number of rotatable bonds is 9. The summed E-state index contributed by atoms with van der Waals surface area (Å²) >= 11 is 0. The maximum atomic E-state index is 13.4. The van der Waals surface area contributed by atoms with Gasteiger partial charge >= 0.3 is 5.97 Å². The molecule has 35 heavy (non-hydrogen) atoms. The van der Waals surface area contributed by atoms with Gasteiger partial charge in [-0.05, 0) is 53.4 Å². The number of nitrogens with zero attached hydrogens (tertiary/aromatic N) is 2. The second-order valence-corrected chi connectivity index (χ2v) is 9.84. The number of benzene rings is 3. The van der Waals surface area contributed by atoms with E-state index in [1.54, 1.807) is 54.6 Å². The zero-order chi connectivity index (χ0) is 25.4. The number of ether oxygens (including phenoxy) is 1. The molecule has 0 aliphatic heterocycles. The zero-order valence-corrected chi connectivity index (χ0v) is 20.5. The van der Waals surface area contributed by atoms with Gasteiger partial charge in [-0.25, -0.2) is 18.6 Å². The van der Waals surface area contributed by atoms with Crippen molar-refractivity contribution < 1.29 is 22.7 Å². The van der Waals surface area contributed by atoms with Crippen molar-refractivity contribution >= 4 is 33.8 Å². The molecule has 0 saturated heterocycles. The molecule has 0 aromatic heterocycles. The number of hydrazone groups is 1. The van der Waals surface area contributed by atoms with Gasteiger partial charge in [0.15, 0.2) is 0 Å². The molecule has 182 valence electrons. The third kappa shape index (κ3) is 6.54. The van der Waals surface area contributed by atoms with E-state index in [2.05, 4.69) is 15.3 Å². The lowest BCUT2D eigenvalue weighted by atomic mass is 10.0. The molecule has 3 aromatic carbocycles. The van der Waals surface area contributed by atoms with Crippen LogP contribution in [0.4, 0.5) is 5.69 Å². The molecule has 0 aliphatic rings. The van der Waals surface area contributed by atoms with Crippen molar-refractivity contribution in [1.82, 2.24) is 5.43 Å². The lowest BCUT2D eigenvalue weighted by Gasteiger charge is -2.24. The van der Waals surface area contributed by atoms with E-state index >= 15 is 0 Å². The van der Waals surface area contributed by atoms with Gasteiger partial charge in [0.05, 0.1) is 29.5 Å². The molecule has 0 unspecified atom stereocenters. The third-order valence-corrected chi connectivity index (χ3v) is 6.99. The highest BCUT2D eigenvalue weighted by Gasteiger charge is 2.27. The van der Waals surface area contributed by atoms with Gasteiger partial charge in [-0.2, -0.15) is 5.10 Å². The van der Waals surface area contributed by atoms with Crippen LogP contribution >= 0.6 is 0 Å². The van der Waals surface area contributed by atoms with Crippen molar-refractivity contribution in [2.24, 2.45) is 5.10 Å². The fourth-order valence-electron chi connectivity index (χ4n) is 3.23. The molecular formula is C26H27N3O5S. The van der Waals surface area contributed by atoms with E-state index in [4.69, 9.17) is 0 Å². The maximum Gasteiger partial charge on any atom is 0.337 e. The molecule has 0 fully saturated rings. The van der Waals surface area contributed by atoms with Crippen molar-refractivity contribution in [2.75, 3.05) is 18.0 Å². The van der Waals surface area contributed by atoms with Gasteiger partial charge in [-0.3, -0.25) is 9.10 Å². The molecule has 9 heteroatoms. The van der Waals surface area contributed by atoms with Gasteiger partial charge in [-0.1, -0.05) is 56.3 Å². The number of carbonyl (C=O) groups is 2. The van der Waals surface area contributed by atoms with E-state index < -0.39 is 28.4 Å². The standard InChI is InChI=1S/C26H27N3O5S/c1-19(2)21-13-15-23(16-14-21)29(35(32,33)24-7-5-4-6-8-24)18-25(30)28-27-17-20-9-11-22(12-10-20)26(31)34-3/h4-17,19H,18H2,1-3H3,(H,28,30)/b27-17-. The van der Waals surface area contributed by atoms with Crippen LogP contribution in [0, 0.1) is 0 Å². The van der Waals surface area contributed by atoms with Crippen LogP contribution in [-0.4, -0.2) is 40.2 Å². The normalized spacial score (nSPS) is 11.4. The summed E-state index contributed by atoms with van der Waals surface area (Å²) in [6.45, 7) is 3.63. The predicted molar refractivity (Wildman–Crippen MR) is 135 cm³/mol. The summed E-state index contributed by atoms with van der Waals surface area (Å²) in [4.78, 5) is 24.3. The Hall–Kier alpha value is -3.98. The Morgan fingerprint density at radius 1 is 0.971 bits per heavy atom. The summed E-state index contributed by atoms with van der Waals surface area (Å²) in [6.07, 6.45) is 1.40. The average Bonchev–Trinajstić information content (AvgIpc) is 2.87. The Morgan fingerprint density at radius 3 is 2.17 bits per heavy atom. The third-order valence-electron chi connectivity index (χ3n) is 5.20. The number of sulfonamides is 1. The fraction of sp³-hybridized carbons (Fsp3) is 0.192. The Kier molecular flexibility index (Phi) is 8.38. The molecule has 0 radical (unpaired) electrons. The Balaban J connectivity index is 1.78. The van der Waals surface area contributed by atoms with Crippen LogP contribution in [0.15, 0.2) is 88.9 Å². The molecule has 0 spiro atoms. The van der Waals surface area contributed by atoms with Crippen molar-refractivity contribution in [1.29, 1.82) is 0 Å². The first-order chi connectivity index (χ1) is 16.7. The van der Waals surface area contributed by atoms with E-state index in [0.717, 1.165) is 9.87 Å². The lowest BCUT2D eigenvalue weighted by molar-refractivity contribution is -0.119. The van der Waals surface area contributed by atoms with Crippen molar-refractivity contribution in [3.05, 3.63) is 95.6 Å². The van der Waals surface area contributed by atoms with Gasteiger partial charge in [0.1, 0.15) is 6.54 Å². The Bertz CT molecular complexity index is 1290. The number of esters is 1. The van der Waals surface area contributed by atoms with Crippen molar-refractivity contribution in [2.45, 2.75) is 24.7 Å². The second-order valence-electron chi connectivity index (χ2n) is 7.98. The van der Waals surface area contributed by atoms with Crippen molar-refractivity contribution in [3.8, 4) is 0 Å². The summed E-state index contributed by atoms with van der Waals surface area (Å²) < 4.78 is 32.4. The molecule has 8 nitrogen and oxygen atoms in total. The monoisotopic (exact) mass is 493 g/mol. The maximum absolute atomic E-state index is 13.4. The number of nitrogens with one attached hydrogen (secondary N) is 1. The van der Waals surface area contributed by atoms with Crippen LogP contribution in [0.3, 0.4) is 0 Å². The molecule has 0 aliphatic carbocycles. The van der Waals surface area contributed by atoms with Crippen LogP contribution in [0.5, 0.6) is 0 Å². The van der Waals surface area contributed by atoms with Crippen LogP contribution in [0.1, 0.15) is 41.3 Å². The number of anilines is 1. The summed E-state index contributed by atoms with van der Waals surface area (Å²) in [7, 11) is -2.70. The zero-order valence-electron chi connectivity index (χ0n) is 19.7. The predicted octanol–water partition coefficient (Wildman–Crippen LogP) is 3.94. The topological polar surface area (TPSA) is 105 Å². The molecule has 0 atom stereocenters. The molecule has 3 rings (SSSR count). The molecule has 0 saturated carbocycles. The molecule has 3 aromatic rings. The van der Waals surface area contributed by atoms with Crippen LogP contribution < -0.4 is 9.73 Å². The highest BCUT2D eigenvalue weighted by Crippen LogP contribution is 2.25. The van der Waals surface area contributed by atoms with Gasteiger partial charge in [0.25, 0.3) is 15.9 Å². The van der Waals surface area contributed by atoms with E-state index in [1.807, 2.05) is 26.0 Å². The first-order valence-corrected chi connectivity index (χ1v) is 12.3. The van der Waals surface area contributed by atoms with E-state index in [9.17, 15) is 18.0 Å². The highest BCUT2D eigenvalue weighted by molar-refractivity contribution is 7.92. The average molecular weight is 494 g/mol. The number of amides is 1. The van der Waals surface area contributed by atoms with Gasteiger partial charge in [-0.15, -0.1) is 0 Å². The molecular weight excluding hydrogens is 466 g/mol. The SMILES string of the molecule is COC(=O)c1ccc(/C=N\NC(=O)CN(c2ccc(C(C)C)cc2)S(=O)(=O)c2ccccc2)cc1. The van der Waals surface area contributed by atoms with Crippen molar-refractivity contribution in [3.63, 3.8) is 0 Å². The summed E-state index contributed by atoms with van der Waals surface area (Å²) in [6, 6.07) is 21.5. The number of carbonyl (C=O) groups excluding carboxylic acids is 2. The van der Waals surface area contributed by atoms with Crippen LogP contribution in [0.25, 0.3) is 0 Å². The van der Waals surface area contributed by atoms with Gasteiger partial charge < -0.3 is 4.74 Å². The quantitative estimate of drug-likeness (QED) is 0.276. The summed E-state index contributed by atoms with van der Waals surface area (Å²) in [5.74, 6) is -0.787. The fourth-order valence-corrected chi connectivity index (χ4v) is 4.67. The van der Waals surface area contributed by atoms with E-state index in [1.165, 1.54) is 25.5 Å². The minimum absolute atomic E-state index is 0.0786. The van der Waals surface area contributed by atoms with E-state index in [-0.39, 0.29) is 10.8 Å². The number of hydrogen-bond acceptors (Lipinski definition) is 6. The summed E-state index contributed by atoms with van der Waals surface area (Å²) in [5, 5.41) is 3.91. The Morgan fingerprint density at radius 2 is 1.60 bits per heavy atom. The van der Waals surface area contributed by atoms with Gasteiger partial charge in [0, 0.05) is 0 Å². The van der Waals surface area contributed by atoms with Crippen LogP contribution in [0.2, 0.25) is 0 Å². The molecule has 0 bridgehead atoms. The first kappa shape index (κ1) is 25.6.